The van der Waals surface area contributed by atoms with Crippen molar-refractivity contribution in [3.05, 3.63) is 71.1 Å². The molecule has 0 radical (unpaired) electrons. The summed E-state index contributed by atoms with van der Waals surface area (Å²) in [6.45, 7) is 0. The van der Waals surface area contributed by atoms with E-state index in [9.17, 15) is 17.6 Å². The highest BCUT2D eigenvalue weighted by atomic mass is 35.5. The van der Waals surface area contributed by atoms with Crippen LogP contribution in [0.2, 0.25) is 5.15 Å². The van der Waals surface area contributed by atoms with Gasteiger partial charge in [0, 0.05) is 17.2 Å². The zero-order valence-corrected chi connectivity index (χ0v) is 12.7. The first kappa shape index (κ1) is 16.4. The van der Waals surface area contributed by atoms with Crippen LogP contribution in [0.1, 0.15) is 5.56 Å². The highest BCUT2D eigenvalue weighted by Crippen LogP contribution is 2.36. The van der Waals surface area contributed by atoms with E-state index in [0.29, 0.717) is 0 Å². The van der Waals surface area contributed by atoms with E-state index in [-0.39, 0.29) is 27.8 Å². The maximum absolute atomic E-state index is 13.9. The lowest BCUT2D eigenvalue weighted by Crippen LogP contribution is -2.08. The maximum atomic E-state index is 13.9. The van der Waals surface area contributed by atoms with Gasteiger partial charge in [-0.3, -0.25) is 0 Å². The molecule has 1 heterocycles. The van der Waals surface area contributed by atoms with Gasteiger partial charge in [-0.2, -0.15) is 13.2 Å². The van der Waals surface area contributed by atoms with E-state index in [1.807, 2.05) is 0 Å². The Morgan fingerprint density at radius 2 is 1.46 bits per heavy atom. The number of nitrogens with zero attached hydrogens (tertiary/aromatic N) is 2. The number of aromatic nitrogens is 2. The minimum Gasteiger partial charge on any atom is -0.228 e. The van der Waals surface area contributed by atoms with Crippen molar-refractivity contribution in [3.63, 3.8) is 0 Å². The Morgan fingerprint density at radius 1 is 0.833 bits per heavy atom. The minimum atomic E-state index is -4.57. The molecule has 0 aliphatic carbocycles. The molecule has 1 aromatic heterocycles. The first-order valence-electron chi connectivity index (χ1n) is 6.82. The molecule has 24 heavy (non-hydrogen) atoms. The summed E-state index contributed by atoms with van der Waals surface area (Å²) in [4.78, 5) is 7.94. The normalized spacial score (nSPS) is 11.5. The third-order valence-corrected chi connectivity index (χ3v) is 3.51. The van der Waals surface area contributed by atoms with E-state index >= 15 is 0 Å². The Labute approximate surface area is 139 Å². The van der Waals surface area contributed by atoms with E-state index < -0.39 is 17.6 Å². The van der Waals surface area contributed by atoms with Crippen LogP contribution >= 0.6 is 11.6 Å². The summed E-state index contributed by atoms with van der Waals surface area (Å²) in [5.41, 5.74) is -0.857. The van der Waals surface area contributed by atoms with Crippen LogP contribution < -0.4 is 0 Å². The van der Waals surface area contributed by atoms with Gasteiger partial charge in [0.05, 0.1) is 11.3 Å². The third kappa shape index (κ3) is 3.23. The fourth-order valence-corrected chi connectivity index (χ4v) is 2.45. The standard InChI is InChI=1S/C17H9ClF4N2/c18-15-9-14(11-6-2-4-8-13(11)19)23-16(24-15)10-5-1-3-7-12(10)17(20,21)22/h1-9H. The fourth-order valence-electron chi connectivity index (χ4n) is 2.27. The molecule has 0 unspecified atom stereocenters. The van der Waals surface area contributed by atoms with E-state index in [4.69, 9.17) is 11.6 Å². The summed E-state index contributed by atoms with van der Waals surface area (Å²) >= 11 is 5.91. The van der Waals surface area contributed by atoms with E-state index in [1.165, 1.54) is 42.5 Å². The van der Waals surface area contributed by atoms with Gasteiger partial charge in [0.2, 0.25) is 0 Å². The van der Waals surface area contributed by atoms with Gasteiger partial charge in [0.15, 0.2) is 5.82 Å². The zero-order valence-electron chi connectivity index (χ0n) is 12.0. The lowest BCUT2D eigenvalue weighted by Gasteiger charge is -2.12. The van der Waals surface area contributed by atoms with E-state index in [2.05, 4.69) is 9.97 Å². The summed E-state index contributed by atoms with van der Waals surface area (Å²) in [5.74, 6) is -0.768. The van der Waals surface area contributed by atoms with Crippen LogP contribution in [0.25, 0.3) is 22.6 Å². The second-order valence-corrected chi connectivity index (χ2v) is 5.31. The predicted molar refractivity (Wildman–Crippen MR) is 82.9 cm³/mol. The molecule has 0 spiro atoms. The van der Waals surface area contributed by atoms with Crippen LogP contribution in [0.4, 0.5) is 17.6 Å². The Hall–Kier alpha value is -2.47. The van der Waals surface area contributed by atoms with Gasteiger partial charge in [-0.1, -0.05) is 41.9 Å². The van der Waals surface area contributed by atoms with Crippen LogP contribution in [-0.4, -0.2) is 9.97 Å². The fraction of sp³-hybridized carbons (Fsp3) is 0.0588. The van der Waals surface area contributed by atoms with Gasteiger partial charge in [-0.05, 0) is 18.2 Å². The summed E-state index contributed by atoms with van der Waals surface area (Å²) < 4.78 is 53.4. The summed E-state index contributed by atoms with van der Waals surface area (Å²) in [6.07, 6.45) is -4.57. The van der Waals surface area contributed by atoms with Crippen molar-refractivity contribution in [2.45, 2.75) is 6.18 Å². The Morgan fingerprint density at radius 3 is 2.12 bits per heavy atom. The third-order valence-electron chi connectivity index (χ3n) is 3.32. The van der Waals surface area contributed by atoms with Gasteiger partial charge in [-0.15, -0.1) is 0 Å². The van der Waals surface area contributed by atoms with E-state index in [1.54, 1.807) is 6.07 Å². The van der Waals surface area contributed by atoms with Crippen molar-refractivity contribution >= 4 is 11.6 Å². The van der Waals surface area contributed by atoms with E-state index in [0.717, 1.165) is 6.07 Å². The van der Waals surface area contributed by atoms with Gasteiger partial charge in [0.25, 0.3) is 0 Å². The molecule has 0 atom stereocenters. The van der Waals surface area contributed by atoms with Crippen molar-refractivity contribution in [2.24, 2.45) is 0 Å². The van der Waals surface area contributed by atoms with Crippen LogP contribution in [0.5, 0.6) is 0 Å². The number of halogens is 5. The molecule has 3 aromatic rings. The number of benzene rings is 2. The molecule has 0 bridgehead atoms. The number of hydrogen-bond donors (Lipinski definition) is 0. The number of alkyl halides is 3. The van der Waals surface area contributed by atoms with Gasteiger partial charge in [0.1, 0.15) is 11.0 Å². The molecule has 122 valence electrons. The molecule has 2 aromatic carbocycles. The Kier molecular flexibility index (Phi) is 4.24. The van der Waals surface area contributed by atoms with Crippen molar-refractivity contribution in [1.29, 1.82) is 0 Å². The Bertz CT molecular complexity index is 894. The topological polar surface area (TPSA) is 25.8 Å². The second-order valence-electron chi connectivity index (χ2n) is 4.92. The van der Waals surface area contributed by atoms with Gasteiger partial charge in [-0.25, -0.2) is 14.4 Å². The largest absolute Gasteiger partial charge is 0.417 e. The van der Waals surface area contributed by atoms with Gasteiger partial charge >= 0.3 is 6.18 Å². The molecule has 0 saturated heterocycles. The van der Waals surface area contributed by atoms with Crippen molar-refractivity contribution in [1.82, 2.24) is 9.97 Å². The highest BCUT2D eigenvalue weighted by molar-refractivity contribution is 6.29. The molecule has 2 nitrogen and oxygen atoms in total. The molecule has 0 amide bonds. The maximum Gasteiger partial charge on any atom is 0.417 e. The average Bonchev–Trinajstić information content (AvgIpc) is 2.54. The SMILES string of the molecule is Fc1ccccc1-c1cc(Cl)nc(-c2ccccc2C(F)(F)F)n1. The van der Waals surface area contributed by atoms with Crippen molar-refractivity contribution in [2.75, 3.05) is 0 Å². The monoisotopic (exact) mass is 352 g/mol. The quantitative estimate of drug-likeness (QED) is 0.442. The van der Waals surface area contributed by atoms with Crippen molar-refractivity contribution in [3.8, 4) is 22.6 Å². The minimum absolute atomic E-state index is 0.0739. The molecule has 0 saturated carbocycles. The summed E-state index contributed by atoms with van der Waals surface area (Å²) in [5, 5.41) is -0.0739. The lowest BCUT2D eigenvalue weighted by molar-refractivity contribution is -0.137. The molecule has 3 rings (SSSR count). The molecule has 7 heteroatoms. The predicted octanol–water partition coefficient (Wildman–Crippen LogP) is 5.62. The molecule has 0 aliphatic heterocycles. The van der Waals surface area contributed by atoms with Crippen molar-refractivity contribution < 1.29 is 17.6 Å². The van der Waals surface area contributed by atoms with Crippen LogP contribution in [0, 0.1) is 5.82 Å². The summed E-state index contributed by atoms with van der Waals surface area (Å²) in [6, 6.07) is 12.0. The van der Waals surface area contributed by atoms with Crippen LogP contribution in [0.3, 0.4) is 0 Å². The molecule has 0 aliphatic rings. The van der Waals surface area contributed by atoms with Gasteiger partial charge < -0.3 is 0 Å². The first-order valence-corrected chi connectivity index (χ1v) is 7.20. The summed E-state index contributed by atoms with van der Waals surface area (Å²) in [7, 11) is 0. The average molecular weight is 353 g/mol. The number of hydrogen-bond acceptors (Lipinski definition) is 2. The zero-order chi connectivity index (χ0) is 17.3. The molecule has 0 N–H and O–H groups in total. The molecular formula is C17H9ClF4N2. The second kappa shape index (κ2) is 6.20. The smallest absolute Gasteiger partial charge is 0.228 e. The lowest BCUT2D eigenvalue weighted by atomic mass is 10.1. The van der Waals surface area contributed by atoms with Crippen LogP contribution in [-0.2, 0) is 6.18 Å². The Balaban J connectivity index is 2.20. The van der Waals surface area contributed by atoms with Crippen LogP contribution in [0.15, 0.2) is 54.6 Å². The first-order chi connectivity index (χ1) is 11.4. The highest BCUT2D eigenvalue weighted by Gasteiger charge is 2.34. The number of rotatable bonds is 2. The molecular weight excluding hydrogens is 344 g/mol. The molecule has 0 fully saturated rings.